The summed E-state index contributed by atoms with van der Waals surface area (Å²) in [5, 5.41) is 19.6. The Bertz CT molecular complexity index is 772. The van der Waals surface area contributed by atoms with Gasteiger partial charge in [-0.3, -0.25) is 4.79 Å². The summed E-state index contributed by atoms with van der Waals surface area (Å²) in [7, 11) is 0. The van der Waals surface area contributed by atoms with E-state index in [0.717, 1.165) is 4.57 Å². The fourth-order valence-corrected chi connectivity index (χ4v) is 2.90. The van der Waals surface area contributed by atoms with E-state index >= 15 is 0 Å². The van der Waals surface area contributed by atoms with Crippen LogP contribution < -0.4 is 11.3 Å². The zero-order valence-corrected chi connectivity index (χ0v) is 10.8. The van der Waals surface area contributed by atoms with Gasteiger partial charge in [0.25, 0.3) is 5.56 Å². The fraction of sp³-hybridized carbons (Fsp3) is 0.545. The van der Waals surface area contributed by atoms with Gasteiger partial charge in [0.05, 0.1) is 19.5 Å². The minimum Gasteiger partial charge on any atom is -0.393 e. The van der Waals surface area contributed by atoms with E-state index in [1.807, 2.05) is 0 Å². The highest BCUT2D eigenvalue weighted by atomic mass is 16.7. The van der Waals surface area contributed by atoms with Crippen LogP contribution in [0.15, 0.2) is 11.1 Å². The van der Waals surface area contributed by atoms with Crippen LogP contribution >= 0.6 is 0 Å². The number of H-pyrrole nitrogens is 1. The van der Waals surface area contributed by atoms with Crippen LogP contribution in [-0.2, 0) is 9.47 Å². The van der Waals surface area contributed by atoms with E-state index in [9.17, 15) is 15.0 Å². The van der Waals surface area contributed by atoms with Crippen molar-refractivity contribution >= 4 is 17.1 Å². The van der Waals surface area contributed by atoms with Gasteiger partial charge in [-0.1, -0.05) is 0 Å². The number of anilines is 1. The minimum atomic E-state index is -1.23. The molecule has 4 atom stereocenters. The van der Waals surface area contributed by atoms with Gasteiger partial charge in [-0.2, -0.15) is 4.98 Å². The van der Waals surface area contributed by atoms with E-state index in [0.29, 0.717) is 0 Å². The molecule has 0 radical (unpaired) electrons. The van der Waals surface area contributed by atoms with Crippen molar-refractivity contribution in [3.8, 4) is 0 Å². The number of aromatic nitrogens is 4. The molecule has 4 heterocycles. The Morgan fingerprint density at radius 2 is 2.43 bits per heavy atom. The van der Waals surface area contributed by atoms with Gasteiger partial charge in [0.15, 0.2) is 17.4 Å². The van der Waals surface area contributed by atoms with Gasteiger partial charge in [-0.05, 0) is 0 Å². The largest absolute Gasteiger partial charge is 0.393 e. The first-order valence-electron chi connectivity index (χ1n) is 6.37. The van der Waals surface area contributed by atoms with Crippen LogP contribution in [0.25, 0.3) is 11.2 Å². The first kappa shape index (κ1) is 12.7. The summed E-state index contributed by atoms with van der Waals surface area (Å²) in [5.41, 5.74) is 4.47. The number of nitrogens with zero attached hydrogens (tertiary/aromatic N) is 3. The SMILES string of the molecule is Nc1nc2[nH]cnc2c(=O)n1[C@@H]1O[C@]2(CO)CO[C@H]1[C@H]2O. The predicted molar refractivity (Wildman–Crippen MR) is 68.2 cm³/mol. The molecule has 10 nitrogen and oxygen atoms in total. The van der Waals surface area contributed by atoms with Crippen molar-refractivity contribution in [2.75, 3.05) is 18.9 Å². The summed E-state index contributed by atoms with van der Waals surface area (Å²) in [6.07, 6.45) is -1.46. The van der Waals surface area contributed by atoms with Gasteiger partial charge in [-0.15, -0.1) is 0 Å². The first-order valence-corrected chi connectivity index (χ1v) is 6.37. The Labute approximate surface area is 117 Å². The van der Waals surface area contributed by atoms with Crippen molar-refractivity contribution in [3.05, 3.63) is 16.7 Å². The lowest BCUT2D eigenvalue weighted by molar-refractivity contribution is -0.186. The highest BCUT2D eigenvalue weighted by molar-refractivity contribution is 5.69. The third kappa shape index (κ3) is 1.47. The molecule has 2 aliphatic rings. The van der Waals surface area contributed by atoms with Crippen molar-refractivity contribution in [3.63, 3.8) is 0 Å². The molecule has 0 aromatic carbocycles. The number of nitrogen functional groups attached to an aromatic ring is 1. The van der Waals surface area contributed by atoms with Gasteiger partial charge >= 0.3 is 0 Å². The monoisotopic (exact) mass is 295 g/mol. The maximum Gasteiger partial charge on any atom is 0.285 e. The van der Waals surface area contributed by atoms with Crippen LogP contribution in [0.3, 0.4) is 0 Å². The number of aliphatic hydroxyl groups excluding tert-OH is 2. The molecular formula is C11H13N5O5. The Hall–Kier alpha value is -2.01. The number of hydrogen-bond acceptors (Lipinski definition) is 8. The number of ether oxygens (including phenoxy) is 2. The lowest BCUT2D eigenvalue weighted by Gasteiger charge is -2.29. The van der Waals surface area contributed by atoms with E-state index in [1.165, 1.54) is 6.33 Å². The Morgan fingerprint density at radius 3 is 3.14 bits per heavy atom. The first-order chi connectivity index (χ1) is 10.1. The van der Waals surface area contributed by atoms with Crippen molar-refractivity contribution in [2.45, 2.75) is 24.0 Å². The number of aromatic amines is 1. The van der Waals surface area contributed by atoms with E-state index in [4.69, 9.17) is 15.2 Å². The van der Waals surface area contributed by atoms with Crippen molar-refractivity contribution < 1.29 is 19.7 Å². The summed E-state index contributed by atoms with van der Waals surface area (Å²) in [6.45, 7) is -0.369. The van der Waals surface area contributed by atoms with Gasteiger partial charge in [0, 0.05) is 0 Å². The van der Waals surface area contributed by atoms with Gasteiger partial charge in [-0.25, -0.2) is 9.55 Å². The maximum atomic E-state index is 12.5. The van der Waals surface area contributed by atoms with E-state index in [1.54, 1.807) is 0 Å². The number of hydrogen-bond donors (Lipinski definition) is 4. The molecule has 0 saturated carbocycles. The lowest BCUT2D eigenvalue weighted by atomic mass is 10.0. The summed E-state index contributed by atoms with van der Waals surface area (Å²) in [6, 6.07) is 0. The summed E-state index contributed by atoms with van der Waals surface area (Å²) in [5.74, 6) is -0.0850. The maximum absolute atomic E-state index is 12.5. The second kappa shape index (κ2) is 4.01. The molecule has 0 amide bonds. The van der Waals surface area contributed by atoms with Crippen molar-refractivity contribution in [2.24, 2.45) is 0 Å². The van der Waals surface area contributed by atoms with Gasteiger partial charge in [0.1, 0.15) is 17.8 Å². The number of fused-ring (bicyclic) bond motifs is 3. The molecule has 2 aromatic rings. The van der Waals surface area contributed by atoms with Gasteiger partial charge in [0.2, 0.25) is 5.95 Å². The Kier molecular flexibility index (Phi) is 2.43. The third-order valence-corrected chi connectivity index (χ3v) is 4.04. The second-order valence-electron chi connectivity index (χ2n) is 5.20. The average molecular weight is 295 g/mol. The third-order valence-electron chi connectivity index (χ3n) is 4.04. The smallest absolute Gasteiger partial charge is 0.285 e. The zero-order valence-electron chi connectivity index (χ0n) is 10.8. The summed E-state index contributed by atoms with van der Waals surface area (Å²) in [4.78, 5) is 23.1. The summed E-state index contributed by atoms with van der Waals surface area (Å²) < 4.78 is 12.2. The molecule has 0 spiro atoms. The molecule has 2 saturated heterocycles. The molecule has 4 rings (SSSR count). The molecule has 2 fully saturated rings. The Morgan fingerprint density at radius 1 is 1.62 bits per heavy atom. The van der Waals surface area contributed by atoms with E-state index in [2.05, 4.69) is 15.0 Å². The summed E-state index contributed by atoms with van der Waals surface area (Å²) >= 11 is 0. The average Bonchev–Trinajstić information content (AvgIpc) is 3.12. The van der Waals surface area contributed by atoms with E-state index in [-0.39, 0.29) is 23.7 Å². The number of aliphatic hydroxyl groups is 2. The molecule has 2 aliphatic heterocycles. The van der Waals surface area contributed by atoms with Crippen LogP contribution in [0.5, 0.6) is 0 Å². The zero-order chi connectivity index (χ0) is 14.8. The quantitative estimate of drug-likeness (QED) is 0.484. The molecular weight excluding hydrogens is 282 g/mol. The Balaban J connectivity index is 1.87. The van der Waals surface area contributed by atoms with Crippen LogP contribution in [0, 0.1) is 0 Å². The lowest BCUT2D eigenvalue weighted by Crippen LogP contribution is -2.44. The standard InChI is InChI=1S/C11H13N5O5/c12-10-15-7-4(13-3-14-7)8(19)16(10)9-5-6(18)11(1-17,21-9)2-20-5/h3,5-6,9,17-18H,1-2H2,(H2,12,15)(H,13,14)/t5-,6+,9+,11+/m0/s1. The highest BCUT2D eigenvalue weighted by Crippen LogP contribution is 2.44. The van der Waals surface area contributed by atoms with Crippen molar-refractivity contribution in [1.29, 1.82) is 0 Å². The molecule has 0 unspecified atom stereocenters. The van der Waals surface area contributed by atoms with Gasteiger partial charge < -0.3 is 30.4 Å². The predicted octanol–water partition coefficient (Wildman–Crippen LogP) is -2.28. The molecule has 112 valence electrons. The minimum absolute atomic E-state index is 0.0541. The molecule has 2 aromatic heterocycles. The molecule has 5 N–H and O–H groups in total. The van der Waals surface area contributed by atoms with Crippen LogP contribution in [0.2, 0.25) is 0 Å². The van der Waals surface area contributed by atoms with Crippen molar-refractivity contribution in [1.82, 2.24) is 19.5 Å². The second-order valence-corrected chi connectivity index (χ2v) is 5.20. The van der Waals surface area contributed by atoms with Crippen LogP contribution in [0.1, 0.15) is 6.23 Å². The highest BCUT2D eigenvalue weighted by Gasteiger charge is 2.62. The number of imidazole rings is 1. The number of nitrogens with one attached hydrogen (secondary N) is 1. The van der Waals surface area contributed by atoms with Crippen LogP contribution in [-0.4, -0.2) is 60.8 Å². The molecule has 2 bridgehead atoms. The topological polar surface area (TPSA) is 149 Å². The molecule has 10 heteroatoms. The molecule has 0 aliphatic carbocycles. The fourth-order valence-electron chi connectivity index (χ4n) is 2.90. The van der Waals surface area contributed by atoms with Crippen LogP contribution in [0.4, 0.5) is 5.95 Å². The van der Waals surface area contributed by atoms with E-state index < -0.39 is 36.2 Å². The number of nitrogens with two attached hydrogens (primary N) is 1. The molecule has 21 heavy (non-hydrogen) atoms. The number of rotatable bonds is 2. The normalized spacial score (nSPS) is 34.9.